The van der Waals surface area contributed by atoms with E-state index in [1.54, 1.807) is 36.8 Å². The molecule has 5 rings (SSSR count). The van der Waals surface area contributed by atoms with Gasteiger partial charge in [0.25, 0.3) is 0 Å². The molecule has 10 nitrogen and oxygen atoms in total. The Labute approximate surface area is 229 Å². The second kappa shape index (κ2) is 11.3. The second-order valence-electron chi connectivity index (χ2n) is 10.3. The van der Waals surface area contributed by atoms with Crippen molar-refractivity contribution in [1.82, 2.24) is 29.7 Å². The van der Waals surface area contributed by atoms with Crippen molar-refractivity contribution in [3.63, 3.8) is 0 Å². The van der Waals surface area contributed by atoms with Gasteiger partial charge in [0.15, 0.2) is 5.82 Å². The fourth-order valence-electron chi connectivity index (χ4n) is 4.10. The minimum Gasteiger partial charge on any atom is -0.442 e. The van der Waals surface area contributed by atoms with Crippen LogP contribution in [0.1, 0.15) is 44.9 Å². The molecule has 4 aromatic rings. The summed E-state index contributed by atoms with van der Waals surface area (Å²) in [5.41, 5.74) is 1.93. The van der Waals surface area contributed by atoms with Crippen molar-refractivity contribution in [2.75, 3.05) is 23.4 Å². The van der Waals surface area contributed by atoms with Gasteiger partial charge in [-0.25, -0.2) is 24.7 Å². The Bertz CT molecular complexity index is 1590. The summed E-state index contributed by atoms with van der Waals surface area (Å²) in [6.07, 6.45) is 6.31. The minimum atomic E-state index is -0.672. The molecule has 0 unspecified atom stereocenters. The van der Waals surface area contributed by atoms with E-state index in [9.17, 15) is 9.00 Å². The normalized spacial score (nSPS) is 17.3. The molecule has 4 heterocycles. The van der Waals surface area contributed by atoms with Gasteiger partial charge < -0.3 is 10.1 Å². The maximum absolute atomic E-state index is 12.4. The molecule has 0 amide bonds. The first kappa shape index (κ1) is 26.4. The first-order valence-corrected chi connectivity index (χ1v) is 14.2. The summed E-state index contributed by atoms with van der Waals surface area (Å²) < 4.78 is 18.2. The number of benzene rings is 1. The highest BCUT2D eigenvalue weighted by molar-refractivity contribution is 7.85. The third kappa shape index (κ3) is 6.83. The molecule has 1 aliphatic rings. The van der Waals surface area contributed by atoms with Crippen LogP contribution in [0.25, 0.3) is 22.4 Å². The smallest absolute Gasteiger partial charge is 0.435 e. The molecular formula is C28H29N7O3S. The molecule has 3 aromatic heterocycles. The first-order chi connectivity index (χ1) is 18.7. The van der Waals surface area contributed by atoms with E-state index in [0.717, 1.165) is 41.8 Å². The molecule has 0 saturated carbocycles. The van der Waals surface area contributed by atoms with Crippen LogP contribution in [0.15, 0.2) is 48.9 Å². The number of hydrogen-bond donors (Lipinski definition) is 1. The summed E-state index contributed by atoms with van der Waals surface area (Å²) in [4.78, 5) is 30.3. The van der Waals surface area contributed by atoms with Crippen LogP contribution in [0, 0.1) is 17.8 Å². The lowest BCUT2D eigenvalue weighted by atomic mass is 10.0. The zero-order valence-corrected chi connectivity index (χ0v) is 22.9. The van der Waals surface area contributed by atoms with Gasteiger partial charge in [-0.3, -0.25) is 4.21 Å². The molecule has 39 heavy (non-hydrogen) atoms. The number of fused-ring (bicyclic) bond motifs is 1. The van der Waals surface area contributed by atoms with Gasteiger partial charge in [0.1, 0.15) is 17.0 Å². The summed E-state index contributed by atoms with van der Waals surface area (Å²) in [6, 6.07) is 8.99. The van der Waals surface area contributed by atoms with Gasteiger partial charge in [-0.1, -0.05) is 5.92 Å². The number of carbonyl (C=O) groups excluding carboxylic acids is 1. The maximum atomic E-state index is 12.4. The highest BCUT2D eigenvalue weighted by Gasteiger charge is 2.20. The van der Waals surface area contributed by atoms with Crippen LogP contribution in [0.4, 0.5) is 10.7 Å². The van der Waals surface area contributed by atoms with Crippen LogP contribution >= 0.6 is 0 Å². The number of aromatic nitrogens is 6. The third-order valence-corrected chi connectivity index (χ3v) is 7.45. The molecule has 1 aromatic carbocycles. The Balaban J connectivity index is 1.29. The van der Waals surface area contributed by atoms with E-state index in [-0.39, 0.29) is 0 Å². The number of rotatable bonds is 4. The van der Waals surface area contributed by atoms with Crippen molar-refractivity contribution < 1.29 is 13.7 Å². The standard InChI is InChI=1S/C28H29N7O3S/c1-28(2,3)38-27(36)35-24-7-5-19(16-21(24)18-32-35)4-6-22-8-12-29-25(33-22)23-9-13-30-26(34-23)31-17-20-10-14-39(37)15-11-20/h5,7-9,12-13,16,18,20H,10-11,14-15,17H2,1-3H3,(H,30,31,34). The molecule has 11 heteroatoms. The van der Waals surface area contributed by atoms with E-state index in [1.165, 1.54) is 4.68 Å². The quantitative estimate of drug-likeness (QED) is 0.380. The second-order valence-corrected chi connectivity index (χ2v) is 12.0. The number of nitrogens with one attached hydrogen (secondary N) is 1. The number of ether oxygens (including phenoxy) is 1. The average Bonchev–Trinajstić information content (AvgIpc) is 3.35. The summed E-state index contributed by atoms with van der Waals surface area (Å²) in [5.74, 6) is 9.16. The van der Waals surface area contributed by atoms with Crippen LogP contribution in [0.3, 0.4) is 0 Å². The molecule has 1 N–H and O–H groups in total. The number of hydrogen-bond acceptors (Lipinski definition) is 9. The lowest BCUT2D eigenvalue weighted by Crippen LogP contribution is -2.27. The molecule has 0 bridgehead atoms. The van der Waals surface area contributed by atoms with E-state index >= 15 is 0 Å². The van der Waals surface area contributed by atoms with E-state index in [2.05, 4.69) is 42.2 Å². The van der Waals surface area contributed by atoms with E-state index in [0.29, 0.717) is 34.6 Å². The van der Waals surface area contributed by atoms with Gasteiger partial charge in [-0.05, 0) is 75.8 Å². The zero-order valence-electron chi connectivity index (χ0n) is 22.0. The van der Waals surface area contributed by atoms with Crippen LogP contribution in [0.2, 0.25) is 0 Å². The fourth-order valence-corrected chi connectivity index (χ4v) is 5.50. The fraction of sp³-hybridized carbons (Fsp3) is 0.357. The van der Waals surface area contributed by atoms with Gasteiger partial charge in [-0.15, -0.1) is 0 Å². The third-order valence-electron chi connectivity index (χ3n) is 6.07. The topological polar surface area (TPSA) is 125 Å². The Morgan fingerprint density at radius 2 is 1.90 bits per heavy atom. The van der Waals surface area contributed by atoms with Crippen molar-refractivity contribution in [2.45, 2.75) is 39.2 Å². The molecule has 0 spiro atoms. The predicted molar refractivity (Wildman–Crippen MR) is 149 cm³/mol. The van der Waals surface area contributed by atoms with Gasteiger partial charge >= 0.3 is 6.09 Å². The van der Waals surface area contributed by atoms with Gasteiger partial charge in [0, 0.05) is 52.2 Å². The summed E-state index contributed by atoms with van der Waals surface area (Å²) in [7, 11) is -0.672. The SMILES string of the molecule is CC(C)(C)OC(=O)n1ncc2cc(C#Cc3ccnc(-c4ccnc(NCC5CCS(=O)CC5)n4)n3)ccc21. The Kier molecular flexibility index (Phi) is 7.65. The number of nitrogens with zero attached hydrogens (tertiary/aromatic N) is 6. The molecule has 1 saturated heterocycles. The molecule has 1 aliphatic heterocycles. The zero-order chi connectivity index (χ0) is 27.4. The largest absolute Gasteiger partial charge is 0.442 e. The highest BCUT2D eigenvalue weighted by Crippen LogP contribution is 2.19. The number of anilines is 1. The van der Waals surface area contributed by atoms with Crippen LogP contribution in [-0.4, -0.2) is 63.7 Å². The predicted octanol–water partition coefficient (Wildman–Crippen LogP) is 4.04. The maximum Gasteiger partial charge on any atom is 0.435 e. The lowest BCUT2D eigenvalue weighted by molar-refractivity contribution is 0.0522. The average molecular weight is 544 g/mol. The molecule has 0 atom stereocenters. The van der Waals surface area contributed by atoms with Gasteiger partial charge in [-0.2, -0.15) is 9.78 Å². The molecular weight excluding hydrogens is 514 g/mol. The molecule has 1 fully saturated rings. The monoisotopic (exact) mass is 543 g/mol. The van der Waals surface area contributed by atoms with Crippen molar-refractivity contribution in [3.05, 3.63) is 60.2 Å². The highest BCUT2D eigenvalue weighted by atomic mass is 32.2. The summed E-state index contributed by atoms with van der Waals surface area (Å²) in [6.45, 7) is 6.18. The first-order valence-electron chi connectivity index (χ1n) is 12.7. The Hall–Kier alpha value is -4.17. The van der Waals surface area contributed by atoms with Crippen LogP contribution < -0.4 is 5.32 Å². The van der Waals surface area contributed by atoms with Gasteiger partial charge in [0.2, 0.25) is 5.95 Å². The molecule has 200 valence electrons. The summed E-state index contributed by atoms with van der Waals surface area (Å²) in [5, 5.41) is 8.25. The van der Waals surface area contributed by atoms with E-state index < -0.39 is 22.5 Å². The van der Waals surface area contributed by atoms with Crippen LogP contribution in [-0.2, 0) is 15.5 Å². The number of carbonyl (C=O) groups is 1. The van der Waals surface area contributed by atoms with Crippen molar-refractivity contribution in [3.8, 4) is 23.4 Å². The van der Waals surface area contributed by atoms with Crippen LogP contribution in [0.5, 0.6) is 0 Å². The van der Waals surface area contributed by atoms with E-state index in [1.807, 2.05) is 32.9 Å². The Morgan fingerprint density at radius 1 is 1.10 bits per heavy atom. The minimum absolute atomic E-state index is 0.453. The lowest BCUT2D eigenvalue weighted by Gasteiger charge is -2.21. The van der Waals surface area contributed by atoms with Gasteiger partial charge in [0.05, 0.1) is 11.7 Å². The van der Waals surface area contributed by atoms with E-state index in [4.69, 9.17) is 4.74 Å². The molecule has 0 radical (unpaired) electrons. The van der Waals surface area contributed by atoms with Crippen molar-refractivity contribution in [2.24, 2.45) is 5.92 Å². The van der Waals surface area contributed by atoms with Crippen molar-refractivity contribution >= 4 is 33.7 Å². The Morgan fingerprint density at radius 3 is 2.69 bits per heavy atom. The van der Waals surface area contributed by atoms with Crippen molar-refractivity contribution in [1.29, 1.82) is 0 Å². The summed E-state index contributed by atoms with van der Waals surface area (Å²) >= 11 is 0. The molecule has 0 aliphatic carbocycles.